The van der Waals surface area contributed by atoms with E-state index in [0.29, 0.717) is 30.7 Å². The Morgan fingerprint density at radius 2 is 1.95 bits per heavy atom. The number of aromatic nitrogens is 3. The summed E-state index contributed by atoms with van der Waals surface area (Å²) in [6.45, 7) is 2.82. The van der Waals surface area contributed by atoms with Gasteiger partial charge in [-0.1, -0.05) is 12.1 Å². The number of hydrogen-bond donors (Lipinski definition) is 1. The van der Waals surface area contributed by atoms with Gasteiger partial charge in [0.2, 0.25) is 11.2 Å². The maximum atomic E-state index is 6.01. The van der Waals surface area contributed by atoms with Crippen LogP contribution in [0.25, 0.3) is 11.4 Å². The lowest BCUT2D eigenvalue weighted by Gasteiger charge is -2.26. The average molecular weight is 292 g/mol. The summed E-state index contributed by atoms with van der Waals surface area (Å²) in [5, 5.41) is 0.180. The van der Waals surface area contributed by atoms with E-state index in [4.69, 9.17) is 22.1 Å². The monoisotopic (exact) mass is 291 g/mol. The molecule has 6 nitrogen and oxygen atoms in total. The number of morpholine rings is 1. The minimum atomic E-state index is 0.180. The summed E-state index contributed by atoms with van der Waals surface area (Å²) in [7, 11) is 0. The third-order valence-corrected chi connectivity index (χ3v) is 3.20. The lowest BCUT2D eigenvalue weighted by atomic mass is 10.2. The van der Waals surface area contributed by atoms with E-state index in [1.165, 1.54) is 0 Å². The first-order chi connectivity index (χ1) is 9.72. The third kappa shape index (κ3) is 2.81. The molecular weight excluding hydrogens is 278 g/mol. The maximum absolute atomic E-state index is 6.01. The Balaban J connectivity index is 1.97. The summed E-state index contributed by atoms with van der Waals surface area (Å²) in [6.07, 6.45) is 0. The van der Waals surface area contributed by atoms with Gasteiger partial charge in [-0.15, -0.1) is 0 Å². The molecule has 1 aliphatic heterocycles. The predicted octanol–water partition coefficient (Wildman–Crippen LogP) is 1.61. The molecule has 0 radical (unpaired) electrons. The highest BCUT2D eigenvalue weighted by Crippen LogP contribution is 2.21. The summed E-state index contributed by atoms with van der Waals surface area (Å²) in [5.74, 6) is 1.10. The highest BCUT2D eigenvalue weighted by molar-refractivity contribution is 6.28. The van der Waals surface area contributed by atoms with Gasteiger partial charge in [-0.2, -0.15) is 15.0 Å². The Morgan fingerprint density at radius 1 is 1.15 bits per heavy atom. The molecule has 0 bridgehead atoms. The number of ether oxygens (including phenoxy) is 1. The van der Waals surface area contributed by atoms with Gasteiger partial charge < -0.3 is 15.4 Å². The van der Waals surface area contributed by atoms with Crippen LogP contribution < -0.4 is 10.6 Å². The van der Waals surface area contributed by atoms with E-state index in [1.54, 1.807) is 0 Å². The number of hydrogen-bond acceptors (Lipinski definition) is 6. The zero-order valence-electron chi connectivity index (χ0n) is 10.8. The van der Waals surface area contributed by atoms with E-state index in [0.717, 1.165) is 18.7 Å². The lowest BCUT2D eigenvalue weighted by Crippen LogP contribution is -2.37. The molecule has 0 aliphatic carbocycles. The van der Waals surface area contributed by atoms with Crippen molar-refractivity contribution in [2.24, 2.45) is 0 Å². The summed E-state index contributed by atoms with van der Waals surface area (Å²) >= 11 is 6.01. The first kappa shape index (κ1) is 13.1. The lowest BCUT2D eigenvalue weighted by molar-refractivity contribution is 0.122. The number of benzene rings is 1. The van der Waals surface area contributed by atoms with Crippen molar-refractivity contribution in [2.45, 2.75) is 0 Å². The molecule has 2 N–H and O–H groups in total. The van der Waals surface area contributed by atoms with Crippen molar-refractivity contribution < 1.29 is 4.74 Å². The van der Waals surface area contributed by atoms with Crippen molar-refractivity contribution in [3.63, 3.8) is 0 Å². The van der Waals surface area contributed by atoms with E-state index >= 15 is 0 Å². The van der Waals surface area contributed by atoms with Crippen LogP contribution in [0.15, 0.2) is 24.3 Å². The molecule has 20 heavy (non-hydrogen) atoms. The van der Waals surface area contributed by atoms with Gasteiger partial charge >= 0.3 is 0 Å². The summed E-state index contributed by atoms with van der Waals surface area (Å²) in [5.41, 5.74) is 7.27. The fourth-order valence-electron chi connectivity index (χ4n) is 2.05. The van der Waals surface area contributed by atoms with Crippen LogP contribution in [0, 0.1) is 0 Å². The molecule has 1 aromatic carbocycles. The predicted molar refractivity (Wildman–Crippen MR) is 77.7 cm³/mol. The Hall–Kier alpha value is -1.92. The zero-order valence-corrected chi connectivity index (χ0v) is 11.5. The number of halogens is 1. The molecule has 2 heterocycles. The molecule has 104 valence electrons. The molecule has 1 aromatic heterocycles. The van der Waals surface area contributed by atoms with Crippen molar-refractivity contribution in [1.82, 2.24) is 15.0 Å². The molecule has 1 aliphatic rings. The molecule has 0 saturated carbocycles. The minimum absolute atomic E-state index is 0.180. The van der Waals surface area contributed by atoms with Crippen LogP contribution in [0.5, 0.6) is 0 Å². The van der Waals surface area contributed by atoms with Crippen molar-refractivity contribution in [3.05, 3.63) is 29.5 Å². The standard InChI is InChI=1S/C13H14ClN5O/c14-12-16-11(9-2-1-3-10(15)8-9)17-13(18-12)19-4-6-20-7-5-19/h1-3,8H,4-7,15H2. The van der Waals surface area contributed by atoms with Crippen molar-refractivity contribution >= 4 is 23.2 Å². The number of nitrogen functional groups attached to an aromatic ring is 1. The van der Waals surface area contributed by atoms with Gasteiger partial charge in [0.15, 0.2) is 5.82 Å². The van der Waals surface area contributed by atoms with E-state index < -0.39 is 0 Å². The molecular formula is C13H14ClN5O. The van der Waals surface area contributed by atoms with Crippen LogP contribution >= 0.6 is 11.6 Å². The number of rotatable bonds is 2. The Kier molecular flexibility index (Phi) is 3.66. The molecule has 3 rings (SSSR count). The van der Waals surface area contributed by atoms with Crippen molar-refractivity contribution in [1.29, 1.82) is 0 Å². The summed E-state index contributed by atoms with van der Waals surface area (Å²) in [6, 6.07) is 7.38. The van der Waals surface area contributed by atoms with Gasteiger partial charge in [-0.05, 0) is 23.7 Å². The normalized spacial score (nSPS) is 15.3. The molecule has 1 fully saturated rings. The SMILES string of the molecule is Nc1cccc(-c2nc(Cl)nc(N3CCOCC3)n2)c1. The van der Waals surface area contributed by atoms with E-state index in [-0.39, 0.29) is 5.28 Å². The van der Waals surface area contributed by atoms with Crippen LogP contribution in [-0.2, 0) is 4.74 Å². The summed E-state index contributed by atoms with van der Waals surface area (Å²) < 4.78 is 5.32. The van der Waals surface area contributed by atoms with Crippen LogP contribution in [-0.4, -0.2) is 41.3 Å². The van der Waals surface area contributed by atoms with Gasteiger partial charge in [-0.25, -0.2) is 0 Å². The number of nitrogens with zero attached hydrogens (tertiary/aromatic N) is 4. The maximum Gasteiger partial charge on any atom is 0.230 e. The summed E-state index contributed by atoms with van der Waals surface area (Å²) in [4.78, 5) is 14.9. The molecule has 0 spiro atoms. The molecule has 2 aromatic rings. The molecule has 0 atom stereocenters. The molecule has 1 saturated heterocycles. The number of anilines is 2. The van der Waals surface area contributed by atoms with Crippen LogP contribution in [0.1, 0.15) is 0 Å². The van der Waals surface area contributed by atoms with Gasteiger partial charge in [0.25, 0.3) is 0 Å². The Bertz CT molecular complexity index is 615. The second-order valence-corrected chi connectivity index (χ2v) is 4.79. The van der Waals surface area contributed by atoms with Gasteiger partial charge in [0.1, 0.15) is 0 Å². The van der Waals surface area contributed by atoms with Gasteiger partial charge in [-0.3, -0.25) is 0 Å². The van der Waals surface area contributed by atoms with Crippen LogP contribution in [0.3, 0.4) is 0 Å². The largest absolute Gasteiger partial charge is 0.399 e. The molecule has 0 amide bonds. The van der Waals surface area contributed by atoms with Crippen molar-refractivity contribution in [2.75, 3.05) is 36.9 Å². The first-order valence-corrected chi connectivity index (χ1v) is 6.70. The Labute approximate surface area is 121 Å². The smallest absolute Gasteiger partial charge is 0.230 e. The highest BCUT2D eigenvalue weighted by Gasteiger charge is 2.16. The average Bonchev–Trinajstić information content (AvgIpc) is 2.47. The van der Waals surface area contributed by atoms with Crippen LogP contribution in [0.2, 0.25) is 5.28 Å². The van der Waals surface area contributed by atoms with E-state index in [2.05, 4.69) is 15.0 Å². The molecule has 7 heteroatoms. The number of nitrogens with two attached hydrogens (primary N) is 1. The third-order valence-electron chi connectivity index (χ3n) is 3.04. The van der Waals surface area contributed by atoms with Crippen LogP contribution in [0.4, 0.5) is 11.6 Å². The van der Waals surface area contributed by atoms with E-state index in [1.807, 2.05) is 29.2 Å². The second kappa shape index (κ2) is 5.60. The topological polar surface area (TPSA) is 77.2 Å². The van der Waals surface area contributed by atoms with Gasteiger partial charge in [0.05, 0.1) is 13.2 Å². The minimum Gasteiger partial charge on any atom is -0.399 e. The molecule has 0 unspecified atom stereocenters. The quantitative estimate of drug-likeness (QED) is 0.847. The van der Waals surface area contributed by atoms with E-state index in [9.17, 15) is 0 Å². The fraction of sp³-hybridized carbons (Fsp3) is 0.308. The second-order valence-electron chi connectivity index (χ2n) is 4.45. The highest BCUT2D eigenvalue weighted by atomic mass is 35.5. The Morgan fingerprint density at radius 3 is 2.70 bits per heavy atom. The van der Waals surface area contributed by atoms with Crippen molar-refractivity contribution in [3.8, 4) is 11.4 Å². The van der Waals surface area contributed by atoms with Gasteiger partial charge in [0, 0.05) is 24.3 Å². The zero-order chi connectivity index (χ0) is 13.9. The first-order valence-electron chi connectivity index (χ1n) is 6.32. The fourth-order valence-corrected chi connectivity index (χ4v) is 2.21.